The number of rotatable bonds is 8. The molecular weight excluding hydrogens is 609 g/mol. The molecule has 47 heavy (non-hydrogen) atoms. The second-order valence-corrected chi connectivity index (χ2v) is 13.3. The van der Waals surface area contributed by atoms with Crippen LogP contribution in [0.2, 0.25) is 0 Å². The number of hydrogen-bond acceptors (Lipinski definition) is 9. The van der Waals surface area contributed by atoms with E-state index in [0.717, 1.165) is 45.3 Å². The van der Waals surface area contributed by atoms with Crippen LogP contribution in [0.15, 0.2) is 30.5 Å². The molecular formula is C35H35F3N6O3. The molecule has 9 nitrogen and oxygen atoms in total. The Morgan fingerprint density at radius 3 is 2.55 bits per heavy atom. The molecule has 3 saturated heterocycles. The van der Waals surface area contributed by atoms with E-state index in [-0.39, 0.29) is 62.4 Å². The molecule has 1 saturated carbocycles. The summed E-state index contributed by atoms with van der Waals surface area (Å²) >= 11 is 0. The lowest BCUT2D eigenvalue weighted by atomic mass is 9.92. The van der Waals surface area contributed by atoms with Gasteiger partial charge in [-0.2, -0.15) is 9.97 Å². The average molecular weight is 645 g/mol. The number of phenols is 1. The number of terminal acetylenes is 1. The lowest BCUT2D eigenvalue weighted by Crippen LogP contribution is -2.51. The Morgan fingerprint density at radius 1 is 1.09 bits per heavy atom. The summed E-state index contributed by atoms with van der Waals surface area (Å²) in [6.45, 7) is 5.67. The number of aromatic nitrogens is 3. The molecule has 8 rings (SSSR count). The highest BCUT2D eigenvalue weighted by molar-refractivity contribution is 6.04. The molecule has 12 heteroatoms. The molecule has 2 aromatic carbocycles. The fraction of sp³-hybridized carbons (Fsp3) is 0.457. The molecule has 3 aliphatic heterocycles. The van der Waals surface area contributed by atoms with Crippen molar-refractivity contribution < 1.29 is 27.8 Å². The van der Waals surface area contributed by atoms with Crippen molar-refractivity contribution in [3.8, 4) is 35.2 Å². The van der Waals surface area contributed by atoms with Crippen molar-refractivity contribution >= 4 is 27.6 Å². The minimum atomic E-state index is -3.00. The Balaban J connectivity index is 1.26. The molecule has 2 N–H and O–H groups in total. The van der Waals surface area contributed by atoms with Gasteiger partial charge in [0.15, 0.2) is 5.82 Å². The Labute approximate surface area is 270 Å². The normalized spacial score (nSPS) is 22.2. The fourth-order valence-corrected chi connectivity index (χ4v) is 7.50. The van der Waals surface area contributed by atoms with E-state index in [1.54, 1.807) is 0 Å². The number of halogens is 3. The summed E-state index contributed by atoms with van der Waals surface area (Å²) < 4.78 is 57.4. The van der Waals surface area contributed by atoms with Gasteiger partial charge >= 0.3 is 6.01 Å². The van der Waals surface area contributed by atoms with Crippen molar-refractivity contribution in [3.63, 3.8) is 0 Å². The molecule has 0 spiro atoms. The number of ether oxygens (including phenoxy) is 2. The maximum Gasteiger partial charge on any atom is 0.319 e. The van der Waals surface area contributed by atoms with Gasteiger partial charge in [-0.05, 0) is 54.8 Å². The minimum Gasteiger partial charge on any atom is -0.508 e. The fourth-order valence-electron chi connectivity index (χ4n) is 7.50. The molecule has 2 atom stereocenters. The lowest BCUT2D eigenvalue weighted by Gasteiger charge is -2.34. The lowest BCUT2D eigenvalue weighted by molar-refractivity contribution is 0.0231. The van der Waals surface area contributed by atoms with Gasteiger partial charge in [0, 0.05) is 67.4 Å². The van der Waals surface area contributed by atoms with Crippen LogP contribution in [0.1, 0.15) is 43.2 Å². The van der Waals surface area contributed by atoms with Crippen LogP contribution in [-0.2, 0) is 4.74 Å². The standard InChI is InChI=1S/C35H35F3N6O3/c1-2-24-27(36)6-3-20-13-23(45)14-25(28(20)24)26-15-39-31-30(29(26)32(37)38)41-34(42-33(31)44-16-21-4-5-22(17-44)40-21)47-19-35(7-8-35)18-43-9-11-46-12-10-43/h1,3,6,13-15,21-22,32,40,45H,4-5,7-12,16-19H2. The van der Waals surface area contributed by atoms with Gasteiger partial charge in [-0.15, -0.1) is 6.42 Å². The first-order valence-electron chi connectivity index (χ1n) is 16.2. The van der Waals surface area contributed by atoms with Crippen LogP contribution in [0, 0.1) is 23.6 Å². The smallest absolute Gasteiger partial charge is 0.319 e. The zero-order valence-electron chi connectivity index (χ0n) is 25.8. The summed E-state index contributed by atoms with van der Waals surface area (Å²) in [6.07, 6.45) is 8.07. The molecule has 4 aromatic rings. The highest BCUT2D eigenvalue weighted by atomic mass is 19.3. The predicted octanol–water partition coefficient (Wildman–Crippen LogP) is 5.04. The summed E-state index contributed by atoms with van der Waals surface area (Å²) in [7, 11) is 0. The van der Waals surface area contributed by atoms with Crippen LogP contribution >= 0.6 is 0 Å². The summed E-state index contributed by atoms with van der Waals surface area (Å²) in [4.78, 5) is 18.6. The third kappa shape index (κ3) is 5.60. The third-order valence-electron chi connectivity index (χ3n) is 10.1. The molecule has 2 aromatic heterocycles. The summed E-state index contributed by atoms with van der Waals surface area (Å²) in [5, 5.41) is 14.9. The second kappa shape index (κ2) is 11.8. The molecule has 0 amide bonds. The molecule has 5 heterocycles. The highest BCUT2D eigenvalue weighted by Gasteiger charge is 2.45. The number of morpholine rings is 1. The van der Waals surface area contributed by atoms with Crippen molar-refractivity contribution in [1.82, 2.24) is 25.2 Å². The number of nitrogens with zero attached hydrogens (tertiary/aromatic N) is 5. The first kappa shape index (κ1) is 30.2. The minimum absolute atomic E-state index is 0.00235. The van der Waals surface area contributed by atoms with Crippen LogP contribution in [0.3, 0.4) is 0 Å². The topological polar surface area (TPSA) is 95.9 Å². The van der Waals surface area contributed by atoms with Gasteiger partial charge in [0.05, 0.1) is 30.9 Å². The van der Waals surface area contributed by atoms with Gasteiger partial charge in [-0.1, -0.05) is 12.0 Å². The SMILES string of the molecule is C#Cc1c(F)ccc2cc(O)cc(-c3cnc4c(N5CC6CCC(C5)N6)nc(OCC5(CN6CCOCC6)CC5)nc4c3C(F)F)c12. The average Bonchev–Trinajstić information content (AvgIpc) is 3.76. The maximum atomic E-state index is 15.3. The van der Waals surface area contributed by atoms with E-state index in [1.807, 2.05) is 0 Å². The third-order valence-corrected chi connectivity index (χ3v) is 10.1. The van der Waals surface area contributed by atoms with Crippen LogP contribution in [-0.4, -0.2) is 89.6 Å². The van der Waals surface area contributed by atoms with Gasteiger partial charge in [-0.3, -0.25) is 9.88 Å². The monoisotopic (exact) mass is 644 g/mol. The number of alkyl halides is 2. The van der Waals surface area contributed by atoms with E-state index < -0.39 is 17.8 Å². The van der Waals surface area contributed by atoms with Crippen molar-refractivity contribution in [3.05, 3.63) is 47.4 Å². The first-order valence-corrected chi connectivity index (χ1v) is 16.2. The molecule has 244 valence electrons. The first-order chi connectivity index (χ1) is 22.8. The quantitative estimate of drug-likeness (QED) is 0.256. The van der Waals surface area contributed by atoms with Gasteiger partial charge in [0.25, 0.3) is 6.43 Å². The molecule has 4 fully saturated rings. The van der Waals surface area contributed by atoms with Crippen molar-refractivity contribution in [1.29, 1.82) is 0 Å². The number of anilines is 1. The summed E-state index contributed by atoms with van der Waals surface area (Å²) in [5.74, 6) is 1.96. The number of piperazine rings is 1. The number of nitrogens with one attached hydrogen (secondary N) is 1. The Bertz CT molecular complexity index is 1890. The van der Waals surface area contributed by atoms with Crippen molar-refractivity contribution in [2.24, 2.45) is 5.41 Å². The molecule has 4 aliphatic rings. The van der Waals surface area contributed by atoms with E-state index in [4.69, 9.17) is 20.9 Å². The van der Waals surface area contributed by atoms with E-state index >= 15 is 8.78 Å². The van der Waals surface area contributed by atoms with Crippen LogP contribution < -0.4 is 15.0 Å². The van der Waals surface area contributed by atoms with E-state index in [9.17, 15) is 9.50 Å². The maximum absolute atomic E-state index is 15.3. The van der Waals surface area contributed by atoms with Crippen LogP contribution in [0.25, 0.3) is 32.9 Å². The summed E-state index contributed by atoms with van der Waals surface area (Å²) in [5.41, 5.74) is -0.214. The van der Waals surface area contributed by atoms with Crippen molar-refractivity contribution in [2.75, 3.05) is 57.4 Å². The van der Waals surface area contributed by atoms with Gasteiger partial charge in [0.1, 0.15) is 22.6 Å². The van der Waals surface area contributed by atoms with Crippen LogP contribution in [0.5, 0.6) is 11.8 Å². The largest absolute Gasteiger partial charge is 0.508 e. The second-order valence-electron chi connectivity index (χ2n) is 13.3. The molecule has 1 aliphatic carbocycles. The Morgan fingerprint density at radius 2 is 1.85 bits per heavy atom. The number of hydrogen-bond donors (Lipinski definition) is 2. The Kier molecular flexibility index (Phi) is 7.58. The number of aromatic hydroxyl groups is 1. The molecule has 0 radical (unpaired) electrons. The highest BCUT2D eigenvalue weighted by Crippen LogP contribution is 2.47. The zero-order valence-corrected chi connectivity index (χ0v) is 25.8. The van der Waals surface area contributed by atoms with E-state index in [0.29, 0.717) is 44.1 Å². The number of pyridine rings is 1. The number of benzene rings is 2. The van der Waals surface area contributed by atoms with Gasteiger partial charge in [-0.25, -0.2) is 13.2 Å². The van der Waals surface area contributed by atoms with E-state index in [2.05, 4.69) is 31.0 Å². The van der Waals surface area contributed by atoms with Gasteiger partial charge < -0.3 is 24.8 Å². The summed E-state index contributed by atoms with van der Waals surface area (Å²) in [6, 6.07) is 5.93. The van der Waals surface area contributed by atoms with Gasteiger partial charge in [0.2, 0.25) is 0 Å². The van der Waals surface area contributed by atoms with Crippen LogP contribution in [0.4, 0.5) is 19.0 Å². The number of fused-ring (bicyclic) bond motifs is 4. The zero-order chi connectivity index (χ0) is 32.3. The molecule has 2 unspecified atom stereocenters. The van der Waals surface area contributed by atoms with E-state index in [1.165, 1.54) is 30.5 Å². The number of phenolic OH excluding ortho intramolecular Hbond substituents is 1. The predicted molar refractivity (Wildman–Crippen MR) is 171 cm³/mol. The van der Waals surface area contributed by atoms with Crippen molar-refractivity contribution in [2.45, 2.75) is 44.2 Å². The Hall–Kier alpha value is -4.18. The molecule has 2 bridgehead atoms.